The van der Waals surface area contributed by atoms with Gasteiger partial charge in [0.05, 0.1) is 0 Å². The summed E-state index contributed by atoms with van der Waals surface area (Å²) in [5, 5.41) is 9.12. The minimum atomic E-state index is -0.894. The van der Waals surface area contributed by atoms with E-state index in [1.807, 2.05) is 0 Å². The van der Waals surface area contributed by atoms with Crippen molar-refractivity contribution in [2.45, 2.75) is 51.7 Å². The summed E-state index contributed by atoms with van der Waals surface area (Å²) in [5.74, 6) is -0.460. The highest BCUT2D eigenvalue weighted by Crippen LogP contribution is 2.19. The predicted molar refractivity (Wildman–Crippen MR) is 53.8 cm³/mol. The Kier molecular flexibility index (Phi) is 4.14. The van der Waals surface area contributed by atoms with Gasteiger partial charge in [-0.3, -0.25) is 0 Å². The highest BCUT2D eigenvalue weighted by Gasteiger charge is 2.27. The maximum absolute atomic E-state index is 11.0. The van der Waals surface area contributed by atoms with Crippen molar-refractivity contribution in [3.8, 4) is 0 Å². The lowest BCUT2D eigenvalue weighted by molar-refractivity contribution is -0.166. The quantitative estimate of drug-likeness (QED) is 0.555. The third-order valence-corrected chi connectivity index (χ3v) is 2.36. The van der Waals surface area contributed by atoms with Crippen LogP contribution in [0.25, 0.3) is 0 Å². The number of hydrogen-bond acceptors (Lipinski definition) is 3. The number of aliphatic hydroxyl groups excluding tert-OH is 1. The molecule has 1 rings (SSSR count). The molecule has 3 nitrogen and oxygen atoms in total. The Morgan fingerprint density at radius 2 is 2.29 bits per heavy atom. The predicted octanol–water partition coefficient (Wildman–Crippen LogP) is 1.80. The number of carbonyl (C=O) groups is 1. The van der Waals surface area contributed by atoms with E-state index in [0.29, 0.717) is 6.42 Å². The number of carbonyl (C=O) groups excluding carboxylic acids is 1. The second-order valence-corrected chi connectivity index (χ2v) is 4.01. The van der Waals surface area contributed by atoms with Gasteiger partial charge >= 0.3 is 5.97 Å². The molecule has 1 saturated heterocycles. The highest BCUT2D eigenvalue weighted by molar-refractivity contribution is 5.75. The van der Waals surface area contributed by atoms with Crippen LogP contribution < -0.4 is 0 Å². The molecule has 0 amide bonds. The summed E-state index contributed by atoms with van der Waals surface area (Å²) in [6, 6.07) is 0. The van der Waals surface area contributed by atoms with Crippen LogP contribution in [0.15, 0.2) is 11.6 Å². The van der Waals surface area contributed by atoms with Crippen molar-refractivity contribution < 1.29 is 14.6 Å². The van der Waals surface area contributed by atoms with E-state index in [9.17, 15) is 4.79 Å². The molecule has 14 heavy (non-hydrogen) atoms. The Morgan fingerprint density at radius 3 is 2.86 bits per heavy atom. The first kappa shape index (κ1) is 11.2. The smallest absolute Gasteiger partial charge is 0.335 e. The lowest BCUT2D eigenvalue weighted by Crippen LogP contribution is -2.34. The van der Waals surface area contributed by atoms with Crippen molar-refractivity contribution in [3.05, 3.63) is 11.6 Å². The van der Waals surface area contributed by atoms with Crippen molar-refractivity contribution in [1.29, 1.82) is 0 Å². The van der Waals surface area contributed by atoms with Gasteiger partial charge in [0.1, 0.15) is 6.10 Å². The van der Waals surface area contributed by atoms with Crippen molar-refractivity contribution in [1.82, 2.24) is 0 Å². The van der Waals surface area contributed by atoms with E-state index in [1.54, 1.807) is 0 Å². The molecule has 0 aromatic heterocycles. The molecule has 1 heterocycles. The molecular formula is C11H18O3. The van der Waals surface area contributed by atoms with Crippen LogP contribution in [-0.4, -0.2) is 23.3 Å². The molecule has 0 radical (unpaired) electrons. The van der Waals surface area contributed by atoms with Crippen molar-refractivity contribution in [2.24, 2.45) is 0 Å². The Morgan fingerprint density at radius 1 is 1.57 bits per heavy atom. The summed E-state index contributed by atoms with van der Waals surface area (Å²) in [6.07, 6.45) is 4.37. The van der Waals surface area contributed by atoms with Gasteiger partial charge in [0, 0.05) is 0 Å². The fourth-order valence-corrected chi connectivity index (χ4v) is 1.52. The van der Waals surface area contributed by atoms with Crippen molar-refractivity contribution in [2.75, 3.05) is 0 Å². The monoisotopic (exact) mass is 198 g/mol. The molecule has 1 N–H and O–H groups in total. The molecule has 0 unspecified atom stereocenters. The standard InChI is InChI=1S/C11H18O3/c1-8(2)4-3-5-9-6-7-10(12)11(13)14-9/h4,9-10,12H,3,5-7H2,1-2H3/t9-,10+/m1/s1. The third-order valence-electron chi connectivity index (χ3n) is 2.36. The molecule has 3 heteroatoms. The van der Waals surface area contributed by atoms with Crippen molar-refractivity contribution >= 4 is 5.97 Å². The van der Waals surface area contributed by atoms with E-state index in [-0.39, 0.29) is 6.10 Å². The van der Waals surface area contributed by atoms with Crippen LogP contribution in [0.5, 0.6) is 0 Å². The van der Waals surface area contributed by atoms with Crippen LogP contribution in [-0.2, 0) is 9.53 Å². The average Bonchev–Trinajstić information content (AvgIpc) is 2.10. The molecule has 0 aromatic rings. The SMILES string of the molecule is CC(C)=CCC[C@@H]1CC[C@H](O)C(=O)O1. The normalized spacial score (nSPS) is 26.9. The zero-order chi connectivity index (χ0) is 10.6. The molecule has 80 valence electrons. The maximum Gasteiger partial charge on any atom is 0.335 e. The number of esters is 1. The van der Waals surface area contributed by atoms with E-state index in [0.717, 1.165) is 19.3 Å². The maximum atomic E-state index is 11.0. The van der Waals surface area contributed by atoms with E-state index in [1.165, 1.54) is 5.57 Å². The van der Waals surface area contributed by atoms with Gasteiger partial charge in [-0.05, 0) is 39.5 Å². The Balaban J connectivity index is 2.27. The fourth-order valence-electron chi connectivity index (χ4n) is 1.52. The van der Waals surface area contributed by atoms with Crippen LogP contribution in [0.4, 0.5) is 0 Å². The fraction of sp³-hybridized carbons (Fsp3) is 0.727. The highest BCUT2D eigenvalue weighted by atomic mass is 16.6. The number of allylic oxidation sites excluding steroid dienone is 2. The molecule has 1 aliphatic rings. The summed E-state index contributed by atoms with van der Waals surface area (Å²) in [5.41, 5.74) is 1.28. The van der Waals surface area contributed by atoms with Gasteiger partial charge in [0.25, 0.3) is 0 Å². The van der Waals surface area contributed by atoms with E-state index in [4.69, 9.17) is 9.84 Å². The Hall–Kier alpha value is -0.830. The summed E-state index contributed by atoms with van der Waals surface area (Å²) in [6.45, 7) is 4.10. The summed E-state index contributed by atoms with van der Waals surface area (Å²) in [4.78, 5) is 11.0. The lowest BCUT2D eigenvalue weighted by Gasteiger charge is -2.24. The van der Waals surface area contributed by atoms with Gasteiger partial charge in [-0.15, -0.1) is 0 Å². The Bertz CT molecular complexity index is 229. The number of aliphatic hydroxyl groups is 1. The summed E-state index contributed by atoms with van der Waals surface area (Å²) < 4.78 is 5.06. The van der Waals surface area contributed by atoms with Gasteiger partial charge < -0.3 is 9.84 Å². The Labute approximate surface area is 84.8 Å². The van der Waals surface area contributed by atoms with Gasteiger partial charge in [0.2, 0.25) is 0 Å². The van der Waals surface area contributed by atoms with Gasteiger partial charge in [-0.2, -0.15) is 0 Å². The molecule has 1 aliphatic heterocycles. The molecule has 1 fully saturated rings. The molecule has 0 saturated carbocycles. The zero-order valence-electron chi connectivity index (χ0n) is 8.82. The van der Waals surface area contributed by atoms with E-state index in [2.05, 4.69) is 19.9 Å². The van der Waals surface area contributed by atoms with Gasteiger partial charge in [-0.1, -0.05) is 11.6 Å². The third kappa shape index (κ3) is 3.50. The topological polar surface area (TPSA) is 46.5 Å². The number of cyclic esters (lactones) is 1. The minimum Gasteiger partial charge on any atom is -0.460 e. The van der Waals surface area contributed by atoms with E-state index >= 15 is 0 Å². The van der Waals surface area contributed by atoms with Gasteiger partial charge in [0.15, 0.2) is 6.10 Å². The van der Waals surface area contributed by atoms with E-state index < -0.39 is 12.1 Å². The zero-order valence-corrected chi connectivity index (χ0v) is 8.82. The van der Waals surface area contributed by atoms with Crippen molar-refractivity contribution in [3.63, 3.8) is 0 Å². The second-order valence-electron chi connectivity index (χ2n) is 4.01. The average molecular weight is 198 g/mol. The number of ether oxygens (including phenoxy) is 1. The number of rotatable bonds is 3. The molecule has 0 aromatic carbocycles. The first-order chi connectivity index (χ1) is 6.59. The second kappa shape index (κ2) is 5.15. The minimum absolute atomic E-state index is 0.00139. The number of hydrogen-bond donors (Lipinski definition) is 1. The van der Waals surface area contributed by atoms with Crippen LogP contribution >= 0.6 is 0 Å². The lowest BCUT2D eigenvalue weighted by atomic mass is 10.0. The summed E-state index contributed by atoms with van der Waals surface area (Å²) in [7, 11) is 0. The first-order valence-corrected chi connectivity index (χ1v) is 5.11. The largest absolute Gasteiger partial charge is 0.460 e. The molecular weight excluding hydrogens is 180 g/mol. The molecule has 2 atom stereocenters. The van der Waals surface area contributed by atoms with Crippen LogP contribution in [0, 0.1) is 0 Å². The molecule has 0 spiro atoms. The first-order valence-electron chi connectivity index (χ1n) is 5.11. The van der Waals surface area contributed by atoms with Crippen LogP contribution in [0.2, 0.25) is 0 Å². The summed E-state index contributed by atoms with van der Waals surface area (Å²) >= 11 is 0. The van der Waals surface area contributed by atoms with Crippen LogP contribution in [0.3, 0.4) is 0 Å². The molecule has 0 bridgehead atoms. The van der Waals surface area contributed by atoms with Crippen LogP contribution in [0.1, 0.15) is 39.5 Å². The molecule has 0 aliphatic carbocycles. The van der Waals surface area contributed by atoms with Gasteiger partial charge in [-0.25, -0.2) is 4.79 Å².